The van der Waals surface area contributed by atoms with Crippen LogP contribution in [0.25, 0.3) is 0 Å². The van der Waals surface area contributed by atoms with Crippen molar-refractivity contribution in [1.29, 1.82) is 0 Å². The summed E-state index contributed by atoms with van der Waals surface area (Å²) >= 11 is 0. The quantitative estimate of drug-likeness (QED) is 0.800. The van der Waals surface area contributed by atoms with Crippen LogP contribution in [0.15, 0.2) is 24.3 Å². The Kier molecular flexibility index (Phi) is 6.17. The van der Waals surface area contributed by atoms with Crippen molar-refractivity contribution >= 4 is 5.91 Å². The van der Waals surface area contributed by atoms with E-state index in [0.717, 1.165) is 18.5 Å². The summed E-state index contributed by atoms with van der Waals surface area (Å²) in [5, 5.41) is 2.96. The fourth-order valence-electron chi connectivity index (χ4n) is 2.24. The lowest BCUT2D eigenvalue weighted by molar-refractivity contribution is -0.126. The van der Waals surface area contributed by atoms with Crippen molar-refractivity contribution in [2.75, 3.05) is 14.1 Å². The molecule has 0 aliphatic heterocycles. The Morgan fingerprint density at radius 3 is 2.45 bits per heavy atom. The van der Waals surface area contributed by atoms with Crippen LogP contribution in [-0.2, 0) is 17.9 Å². The molecule has 4 nitrogen and oxygen atoms in total. The van der Waals surface area contributed by atoms with Crippen LogP contribution in [0.1, 0.15) is 37.8 Å². The lowest BCUT2D eigenvalue weighted by atomic mass is 9.96. The minimum atomic E-state index is -0.786. The second-order valence-electron chi connectivity index (χ2n) is 5.86. The molecule has 1 aromatic rings. The summed E-state index contributed by atoms with van der Waals surface area (Å²) in [5.74, 6) is -0.0843. The average molecular weight is 277 g/mol. The minimum absolute atomic E-state index is 0.0843. The van der Waals surface area contributed by atoms with Crippen molar-refractivity contribution in [1.82, 2.24) is 10.2 Å². The first kappa shape index (κ1) is 16.7. The molecular weight excluding hydrogens is 250 g/mol. The van der Waals surface area contributed by atoms with E-state index in [1.54, 1.807) is 6.92 Å². The summed E-state index contributed by atoms with van der Waals surface area (Å²) in [6, 6.07) is 8.16. The van der Waals surface area contributed by atoms with Gasteiger partial charge in [-0.05, 0) is 38.6 Å². The third-order valence-electron chi connectivity index (χ3n) is 3.33. The number of hydrogen-bond acceptors (Lipinski definition) is 3. The number of benzene rings is 1. The standard InChI is InChI=1S/C16H27N3O/c1-5-10-16(2,17)15(20)18-11-13-8-6-7-9-14(13)12-19(3)4/h6-9H,5,10-12,17H2,1-4H3,(H,18,20). The molecule has 0 aliphatic carbocycles. The van der Waals surface area contributed by atoms with Crippen molar-refractivity contribution in [3.63, 3.8) is 0 Å². The van der Waals surface area contributed by atoms with E-state index in [1.807, 2.05) is 39.2 Å². The van der Waals surface area contributed by atoms with E-state index >= 15 is 0 Å². The highest BCUT2D eigenvalue weighted by molar-refractivity contribution is 5.85. The molecule has 0 spiro atoms. The zero-order valence-electron chi connectivity index (χ0n) is 13.1. The molecule has 0 fully saturated rings. The van der Waals surface area contributed by atoms with Gasteiger partial charge in [-0.3, -0.25) is 4.79 Å². The molecule has 0 aliphatic rings. The average Bonchev–Trinajstić information content (AvgIpc) is 2.36. The van der Waals surface area contributed by atoms with E-state index in [9.17, 15) is 4.79 Å². The Bertz CT molecular complexity index is 441. The first-order chi connectivity index (χ1) is 9.36. The maximum Gasteiger partial charge on any atom is 0.240 e. The van der Waals surface area contributed by atoms with Gasteiger partial charge in [0.1, 0.15) is 0 Å². The molecule has 1 amide bonds. The summed E-state index contributed by atoms with van der Waals surface area (Å²) in [5.41, 5.74) is 7.62. The van der Waals surface area contributed by atoms with Crippen molar-refractivity contribution in [3.8, 4) is 0 Å². The SMILES string of the molecule is CCCC(C)(N)C(=O)NCc1ccccc1CN(C)C. The van der Waals surface area contributed by atoms with Crippen LogP contribution in [-0.4, -0.2) is 30.4 Å². The van der Waals surface area contributed by atoms with Crippen molar-refractivity contribution in [2.45, 2.75) is 45.3 Å². The number of hydrogen-bond donors (Lipinski definition) is 2. The normalized spacial score (nSPS) is 14.1. The van der Waals surface area contributed by atoms with Crippen LogP contribution in [0.5, 0.6) is 0 Å². The molecule has 20 heavy (non-hydrogen) atoms. The molecule has 0 bridgehead atoms. The monoisotopic (exact) mass is 277 g/mol. The fourth-order valence-corrected chi connectivity index (χ4v) is 2.24. The predicted molar refractivity (Wildman–Crippen MR) is 83.2 cm³/mol. The van der Waals surface area contributed by atoms with Gasteiger partial charge in [0.2, 0.25) is 5.91 Å². The van der Waals surface area contributed by atoms with E-state index < -0.39 is 5.54 Å². The van der Waals surface area contributed by atoms with Gasteiger partial charge in [0.05, 0.1) is 5.54 Å². The maximum absolute atomic E-state index is 12.1. The highest BCUT2D eigenvalue weighted by Gasteiger charge is 2.26. The smallest absolute Gasteiger partial charge is 0.240 e. The first-order valence-corrected chi connectivity index (χ1v) is 7.15. The molecule has 3 N–H and O–H groups in total. The lowest BCUT2D eigenvalue weighted by Crippen LogP contribution is -2.51. The summed E-state index contributed by atoms with van der Waals surface area (Å²) in [6.07, 6.45) is 1.59. The molecule has 1 atom stereocenters. The minimum Gasteiger partial charge on any atom is -0.350 e. The molecule has 112 valence electrons. The fraction of sp³-hybridized carbons (Fsp3) is 0.562. The van der Waals surface area contributed by atoms with Crippen LogP contribution >= 0.6 is 0 Å². The number of nitrogens with one attached hydrogen (secondary N) is 1. The number of amides is 1. The Morgan fingerprint density at radius 2 is 1.90 bits per heavy atom. The number of nitrogens with zero attached hydrogens (tertiary/aromatic N) is 1. The van der Waals surface area contributed by atoms with Crippen molar-refractivity contribution in [2.24, 2.45) is 5.73 Å². The van der Waals surface area contributed by atoms with E-state index in [4.69, 9.17) is 5.73 Å². The zero-order valence-corrected chi connectivity index (χ0v) is 13.1. The van der Waals surface area contributed by atoms with Gasteiger partial charge in [-0.2, -0.15) is 0 Å². The van der Waals surface area contributed by atoms with Crippen molar-refractivity contribution < 1.29 is 4.79 Å². The molecule has 0 saturated carbocycles. The lowest BCUT2D eigenvalue weighted by Gasteiger charge is -2.23. The van der Waals surface area contributed by atoms with Crippen molar-refractivity contribution in [3.05, 3.63) is 35.4 Å². The van der Waals surface area contributed by atoms with E-state index in [0.29, 0.717) is 13.0 Å². The van der Waals surface area contributed by atoms with Gasteiger partial charge in [0.15, 0.2) is 0 Å². The van der Waals surface area contributed by atoms with E-state index in [2.05, 4.69) is 16.3 Å². The zero-order chi connectivity index (χ0) is 15.2. The highest BCUT2D eigenvalue weighted by atomic mass is 16.2. The van der Waals surface area contributed by atoms with E-state index in [1.165, 1.54) is 5.56 Å². The van der Waals surface area contributed by atoms with Gasteiger partial charge in [-0.15, -0.1) is 0 Å². The maximum atomic E-state index is 12.1. The Labute approximate surface area is 122 Å². The number of rotatable bonds is 7. The predicted octanol–water partition coefficient (Wildman–Crippen LogP) is 1.88. The van der Waals surface area contributed by atoms with Crippen LogP contribution in [0.2, 0.25) is 0 Å². The summed E-state index contributed by atoms with van der Waals surface area (Å²) in [4.78, 5) is 14.2. The first-order valence-electron chi connectivity index (χ1n) is 7.15. The molecule has 0 saturated heterocycles. The van der Waals surface area contributed by atoms with Gasteiger partial charge in [-0.25, -0.2) is 0 Å². The Hall–Kier alpha value is -1.39. The van der Waals surface area contributed by atoms with Crippen LogP contribution < -0.4 is 11.1 Å². The van der Waals surface area contributed by atoms with Gasteiger partial charge in [0, 0.05) is 13.1 Å². The Balaban J connectivity index is 2.68. The van der Waals surface area contributed by atoms with Crippen LogP contribution in [0, 0.1) is 0 Å². The second kappa shape index (κ2) is 7.41. The topological polar surface area (TPSA) is 58.4 Å². The number of nitrogens with two attached hydrogens (primary N) is 1. The van der Waals surface area contributed by atoms with Gasteiger partial charge >= 0.3 is 0 Å². The number of carbonyl (C=O) groups is 1. The molecule has 0 heterocycles. The van der Waals surface area contributed by atoms with Gasteiger partial charge in [0.25, 0.3) is 0 Å². The molecule has 0 radical (unpaired) electrons. The van der Waals surface area contributed by atoms with Gasteiger partial charge < -0.3 is 16.0 Å². The number of carbonyl (C=O) groups excluding carboxylic acids is 1. The van der Waals surface area contributed by atoms with Crippen LogP contribution in [0.3, 0.4) is 0 Å². The molecule has 1 aromatic carbocycles. The van der Waals surface area contributed by atoms with Gasteiger partial charge in [-0.1, -0.05) is 37.6 Å². The molecule has 1 unspecified atom stereocenters. The Morgan fingerprint density at radius 1 is 1.30 bits per heavy atom. The summed E-state index contributed by atoms with van der Waals surface area (Å²) < 4.78 is 0. The molecular formula is C16H27N3O. The molecule has 0 aromatic heterocycles. The largest absolute Gasteiger partial charge is 0.350 e. The molecule has 1 rings (SSSR count). The highest BCUT2D eigenvalue weighted by Crippen LogP contribution is 2.12. The van der Waals surface area contributed by atoms with E-state index in [-0.39, 0.29) is 5.91 Å². The van der Waals surface area contributed by atoms with Crippen LogP contribution in [0.4, 0.5) is 0 Å². The summed E-state index contributed by atoms with van der Waals surface area (Å²) in [7, 11) is 4.07. The third kappa shape index (κ3) is 4.94. The second-order valence-corrected chi connectivity index (χ2v) is 5.86. The third-order valence-corrected chi connectivity index (χ3v) is 3.33. The summed E-state index contributed by atoms with van der Waals surface area (Å²) in [6.45, 7) is 5.21. The molecule has 4 heteroatoms.